The lowest BCUT2D eigenvalue weighted by Gasteiger charge is -2.13. The topological polar surface area (TPSA) is 26.3 Å². The third kappa shape index (κ3) is 7.61. The quantitative estimate of drug-likeness (QED) is 0.402. The third-order valence-corrected chi connectivity index (χ3v) is 1.26. The number of ether oxygens (including phenoxy) is 1. The fraction of sp³-hybridized carbons (Fsp3) is 0.667. The van der Waals surface area contributed by atoms with Crippen LogP contribution in [0.2, 0.25) is 0 Å². The third-order valence-electron chi connectivity index (χ3n) is 1.06. The summed E-state index contributed by atoms with van der Waals surface area (Å²) >= 11 is 5.47. The van der Waals surface area contributed by atoms with Crippen molar-refractivity contribution in [3.05, 3.63) is 0 Å². The van der Waals surface area contributed by atoms with Gasteiger partial charge in [0.05, 0.1) is 6.42 Å². The van der Waals surface area contributed by atoms with Gasteiger partial charge in [-0.2, -0.15) is 0 Å². The van der Waals surface area contributed by atoms with Crippen molar-refractivity contribution in [1.82, 2.24) is 0 Å². The SMILES string of the molecule is CC#CC(Cl)OC(=O)CC(C)(C)F. The molecular weight excluding hydrogens is 195 g/mol. The van der Waals surface area contributed by atoms with Gasteiger partial charge in [-0.15, -0.1) is 5.92 Å². The molecule has 0 aliphatic carbocycles. The van der Waals surface area contributed by atoms with Crippen LogP contribution in [-0.4, -0.2) is 17.2 Å². The maximum Gasteiger partial charge on any atom is 0.311 e. The van der Waals surface area contributed by atoms with Crippen LogP contribution in [0.5, 0.6) is 0 Å². The second kappa shape index (κ2) is 5.08. The maximum atomic E-state index is 12.9. The summed E-state index contributed by atoms with van der Waals surface area (Å²) in [6.45, 7) is 4.16. The predicted octanol–water partition coefficient (Wildman–Crippen LogP) is 2.26. The molecule has 0 bridgehead atoms. The molecule has 0 saturated heterocycles. The van der Waals surface area contributed by atoms with Gasteiger partial charge in [-0.1, -0.05) is 11.6 Å². The van der Waals surface area contributed by atoms with Crippen LogP contribution in [-0.2, 0) is 9.53 Å². The van der Waals surface area contributed by atoms with Crippen LogP contribution in [0.1, 0.15) is 27.2 Å². The van der Waals surface area contributed by atoms with Crippen molar-refractivity contribution in [3.63, 3.8) is 0 Å². The van der Waals surface area contributed by atoms with Crippen LogP contribution in [0.3, 0.4) is 0 Å². The van der Waals surface area contributed by atoms with Crippen molar-refractivity contribution in [2.75, 3.05) is 0 Å². The summed E-state index contributed by atoms with van der Waals surface area (Å²) in [5, 5.41) is 0. The summed E-state index contributed by atoms with van der Waals surface area (Å²) in [6.07, 6.45) is -0.318. The van der Waals surface area contributed by atoms with Crippen LogP contribution >= 0.6 is 11.6 Å². The first-order valence-corrected chi connectivity index (χ1v) is 4.23. The van der Waals surface area contributed by atoms with E-state index in [2.05, 4.69) is 16.6 Å². The molecule has 0 amide bonds. The van der Waals surface area contributed by atoms with E-state index in [-0.39, 0.29) is 6.42 Å². The average molecular weight is 207 g/mol. The minimum atomic E-state index is -1.58. The predicted molar refractivity (Wildman–Crippen MR) is 49.0 cm³/mol. The Balaban J connectivity index is 3.93. The highest BCUT2D eigenvalue weighted by molar-refractivity contribution is 6.22. The molecule has 0 saturated carbocycles. The molecule has 0 aromatic heterocycles. The van der Waals surface area contributed by atoms with E-state index >= 15 is 0 Å². The van der Waals surface area contributed by atoms with E-state index in [1.807, 2.05) is 0 Å². The lowest BCUT2D eigenvalue weighted by atomic mass is 10.1. The Morgan fingerprint density at radius 2 is 2.23 bits per heavy atom. The number of esters is 1. The van der Waals surface area contributed by atoms with E-state index in [1.165, 1.54) is 13.8 Å². The number of halogens is 2. The Hall–Kier alpha value is -0.750. The van der Waals surface area contributed by atoms with Gasteiger partial charge in [-0.3, -0.25) is 4.79 Å². The first kappa shape index (κ1) is 12.2. The number of carbonyl (C=O) groups is 1. The van der Waals surface area contributed by atoms with E-state index in [9.17, 15) is 9.18 Å². The molecule has 0 fully saturated rings. The van der Waals surface area contributed by atoms with E-state index in [1.54, 1.807) is 6.92 Å². The normalized spacial score (nSPS) is 12.7. The zero-order chi connectivity index (χ0) is 10.5. The highest BCUT2D eigenvalue weighted by atomic mass is 35.5. The van der Waals surface area contributed by atoms with Crippen molar-refractivity contribution in [3.8, 4) is 11.8 Å². The first-order valence-electron chi connectivity index (χ1n) is 3.80. The molecule has 2 nitrogen and oxygen atoms in total. The van der Waals surface area contributed by atoms with Gasteiger partial charge in [0.15, 0.2) is 0 Å². The zero-order valence-electron chi connectivity index (χ0n) is 7.86. The van der Waals surface area contributed by atoms with Crippen molar-refractivity contribution in [1.29, 1.82) is 0 Å². The van der Waals surface area contributed by atoms with Crippen molar-refractivity contribution >= 4 is 17.6 Å². The Morgan fingerprint density at radius 1 is 1.69 bits per heavy atom. The van der Waals surface area contributed by atoms with Crippen LogP contribution in [0, 0.1) is 11.8 Å². The van der Waals surface area contributed by atoms with Gasteiger partial charge in [0.1, 0.15) is 5.67 Å². The molecular formula is C9H12ClFO2. The molecule has 0 aromatic carbocycles. The minimum Gasteiger partial charge on any atom is -0.434 e. The molecule has 1 atom stereocenters. The Kier molecular flexibility index (Phi) is 4.79. The standard InChI is InChI=1S/C9H12ClFO2/c1-4-5-7(10)13-8(12)6-9(2,3)11/h7H,6H2,1-3H3. The molecule has 0 radical (unpaired) electrons. The van der Waals surface area contributed by atoms with Gasteiger partial charge in [0.25, 0.3) is 0 Å². The molecule has 0 aliphatic rings. The van der Waals surface area contributed by atoms with Crippen LogP contribution in [0.25, 0.3) is 0 Å². The summed E-state index contributed by atoms with van der Waals surface area (Å²) in [7, 11) is 0. The lowest BCUT2D eigenvalue weighted by molar-refractivity contribution is -0.146. The first-order chi connectivity index (χ1) is 5.85. The molecule has 0 N–H and O–H groups in total. The molecule has 0 rings (SSSR count). The second-order valence-corrected chi connectivity index (χ2v) is 3.49. The number of alkyl halides is 2. The summed E-state index contributed by atoms with van der Waals surface area (Å²) in [6, 6.07) is 0. The average Bonchev–Trinajstić information content (AvgIpc) is 1.81. The van der Waals surface area contributed by atoms with Crippen molar-refractivity contribution < 1.29 is 13.9 Å². The maximum absolute atomic E-state index is 12.9. The fourth-order valence-electron chi connectivity index (χ4n) is 0.643. The summed E-state index contributed by atoms with van der Waals surface area (Å²) in [4.78, 5) is 10.9. The van der Waals surface area contributed by atoms with E-state index in [0.717, 1.165) is 0 Å². The van der Waals surface area contributed by atoms with Gasteiger partial charge >= 0.3 is 5.97 Å². The molecule has 0 aromatic rings. The fourth-order valence-corrected chi connectivity index (χ4v) is 0.852. The number of hydrogen-bond donors (Lipinski definition) is 0. The Bertz CT molecular complexity index is 234. The van der Waals surface area contributed by atoms with Crippen molar-refractivity contribution in [2.45, 2.75) is 38.4 Å². The molecule has 0 aliphatic heterocycles. The van der Waals surface area contributed by atoms with Crippen LogP contribution < -0.4 is 0 Å². The molecule has 0 heterocycles. The molecule has 1 unspecified atom stereocenters. The highest BCUT2D eigenvalue weighted by Crippen LogP contribution is 2.15. The number of rotatable bonds is 3. The van der Waals surface area contributed by atoms with Crippen molar-refractivity contribution in [2.24, 2.45) is 0 Å². The van der Waals surface area contributed by atoms with E-state index in [0.29, 0.717) is 0 Å². The van der Waals surface area contributed by atoms with Gasteiger partial charge in [0, 0.05) is 0 Å². The Morgan fingerprint density at radius 3 is 2.62 bits per heavy atom. The lowest BCUT2D eigenvalue weighted by Crippen LogP contribution is -2.21. The summed E-state index contributed by atoms with van der Waals surface area (Å²) in [5.74, 6) is 4.21. The highest BCUT2D eigenvalue weighted by Gasteiger charge is 2.22. The van der Waals surface area contributed by atoms with Gasteiger partial charge in [-0.05, 0) is 26.7 Å². The summed E-state index contributed by atoms with van der Waals surface area (Å²) < 4.78 is 17.5. The molecule has 4 heteroatoms. The Labute approximate surface area is 82.4 Å². The zero-order valence-corrected chi connectivity index (χ0v) is 8.61. The largest absolute Gasteiger partial charge is 0.434 e. The smallest absolute Gasteiger partial charge is 0.311 e. The molecule has 74 valence electrons. The van der Waals surface area contributed by atoms with E-state index < -0.39 is 17.2 Å². The van der Waals surface area contributed by atoms with Gasteiger partial charge < -0.3 is 4.74 Å². The molecule has 13 heavy (non-hydrogen) atoms. The number of hydrogen-bond acceptors (Lipinski definition) is 2. The molecule has 0 spiro atoms. The van der Waals surface area contributed by atoms with E-state index in [4.69, 9.17) is 11.6 Å². The van der Waals surface area contributed by atoms with Gasteiger partial charge in [0.2, 0.25) is 5.56 Å². The number of carbonyl (C=O) groups excluding carboxylic acids is 1. The van der Waals surface area contributed by atoms with Gasteiger partial charge in [-0.25, -0.2) is 4.39 Å². The second-order valence-electron chi connectivity index (χ2n) is 3.10. The van der Waals surface area contributed by atoms with Crippen LogP contribution in [0.15, 0.2) is 0 Å². The summed E-state index contributed by atoms with van der Waals surface area (Å²) in [5.41, 5.74) is -2.56. The minimum absolute atomic E-state index is 0.318. The van der Waals surface area contributed by atoms with Crippen LogP contribution in [0.4, 0.5) is 4.39 Å². The monoisotopic (exact) mass is 206 g/mol.